The molecule has 0 aliphatic carbocycles. The van der Waals surface area contributed by atoms with Crippen LogP contribution in [0.1, 0.15) is 32.6 Å². The fourth-order valence-electron chi connectivity index (χ4n) is 3.48. The van der Waals surface area contributed by atoms with E-state index in [1.54, 1.807) is 6.33 Å². The second-order valence-electron chi connectivity index (χ2n) is 6.61. The lowest BCUT2D eigenvalue weighted by Gasteiger charge is -2.37. The molecule has 3 rings (SSSR count). The van der Waals surface area contributed by atoms with E-state index in [0.29, 0.717) is 11.7 Å². The molecular weight excluding hydrogens is 290 g/mol. The third-order valence-electron chi connectivity index (χ3n) is 5.00. The zero-order valence-corrected chi connectivity index (χ0v) is 14.3. The van der Waals surface area contributed by atoms with Crippen molar-refractivity contribution in [2.24, 2.45) is 0 Å². The standard InChI is InChI=1S/C16H29N7/c1-3-13-6-4-5-7-23(13)16-14(17)15(18-12-19-16)20-22-10-8-21(2)9-11-22/h12-13H,3-11,17H2,1-2H3,(H,18,19,20). The third-order valence-corrected chi connectivity index (χ3v) is 5.00. The molecule has 2 aliphatic rings. The summed E-state index contributed by atoms with van der Waals surface area (Å²) in [6.07, 6.45) is 6.49. The van der Waals surface area contributed by atoms with E-state index in [9.17, 15) is 0 Å². The number of aromatic nitrogens is 2. The molecule has 1 aromatic heterocycles. The number of rotatable bonds is 4. The summed E-state index contributed by atoms with van der Waals surface area (Å²) in [6, 6.07) is 0.539. The van der Waals surface area contributed by atoms with Gasteiger partial charge < -0.3 is 21.0 Å². The summed E-state index contributed by atoms with van der Waals surface area (Å²) in [5.41, 5.74) is 10.5. The summed E-state index contributed by atoms with van der Waals surface area (Å²) in [5.74, 6) is 1.63. The van der Waals surface area contributed by atoms with Gasteiger partial charge in [-0.2, -0.15) is 0 Å². The first-order chi connectivity index (χ1) is 11.2. The highest BCUT2D eigenvalue weighted by molar-refractivity contribution is 5.75. The Kier molecular flexibility index (Phi) is 5.17. The number of hydrazine groups is 1. The van der Waals surface area contributed by atoms with Gasteiger partial charge in [0.2, 0.25) is 0 Å². The van der Waals surface area contributed by atoms with Crippen LogP contribution in [0.3, 0.4) is 0 Å². The monoisotopic (exact) mass is 319 g/mol. The number of hydrogen-bond donors (Lipinski definition) is 2. The van der Waals surface area contributed by atoms with E-state index >= 15 is 0 Å². The Morgan fingerprint density at radius 3 is 2.70 bits per heavy atom. The highest BCUT2D eigenvalue weighted by atomic mass is 15.5. The number of nitrogens with one attached hydrogen (secondary N) is 1. The van der Waals surface area contributed by atoms with Crippen LogP contribution in [0, 0.1) is 0 Å². The Balaban J connectivity index is 1.75. The molecular formula is C16H29N7. The molecule has 0 bridgehead atoms. The van der Waals surface area contributed by atoms with Crippen molar-refractivity contribution in [1.82, 2.24) is 19.9 Å². The van der Waals surface area contributed by atoms with Crippen molar-refractivity contribution in [1.29, 1.82) is 0 Å². The van der Waals surface area contributed by atoms with Gasteiger partial charge in [-0.1, -0.05) is 6.92 Å². The summed E-state index contributed by atoms with van der Waals surface area (Å²) in [7, 11) is 2.15. The molecule has 0 aromatic carbocycles. The first kappa shape index (κ1) is 16.3. The van der Waals surface area contributed by atoms with Gasteiger partial charge in [0.1, 0.15) is 12.0 Å². The molecule has 1 atom stereocenters. The Hall–Kier alpha value is -1.60. The largest absolute Gasteiger partial charge is 0.393 e. The van der Waals surface area contributed by atoms with Gasteiger partial charge in [-0.25, -0.2) is 15.0 Å². The molecule has 7 heteroatoms. The molecule has 7 nitrogen and oxygen atoms in total. The number of anilines is 3. The number of nitrogen functional groups attached to an aromatic ring is 1. The molecule has 0 spiro atoms. The summed E-state index contributed by atoms with van der Waals surface area (Å²) < 4.78 is 0. The van der Waals surface area contributed by atoms with Gasteiger partial charge in [-0.3, -0.25) is 0 Å². The Labute approximate surface area is 138 Å². The van der Waals surface area contributed by atoms with E-state index in [2.05, 4.69) is 44.2 Å². The molecule has 3 heterocycles. The summed E-state index contributed by atoms with van der Waals surface area (Å²) >= 11 is 0. The molecule has 1 unspecified atom stereocenters. The highest BCUT2D eigenvalue weighted by Gasteiger charge is 2.25. The van der Waals surface area contributed by atoms with E-state index in [0.717, 1.165) is 50.8 Å². The van der Waals surface area contributed by atoms with Crippen LogP contribution in [0.4, 0.5) is 17.3 Å². The molecule has 2 saturated heterocycles. The van der Waals surface area contributed by atoms with Gasteiger partial charge in [-0.05, 0) is 32.7 Å². The van der Waals surface area contributed by atoms with Crippen molar-refractivity contribution in [3.05, 3.63) is 6.33 Å². The van der Waals surface area contributed by atoms with Gasteiger partial charge in [-0.15, -0.1) is 0 Å². The summed E-state index contributed by atoms with van der Waals surface area (Å²) in [5, 5.41) is 2.19. The van der Waals surface area contributed by atoms with E-state index in [-0.39, 0.29) is 0 Å². The normalized spacial score (nSPS) is 23.9. The number of nitrogens with two attached hydrogens (primary N) is 1. The van der Waals surface area contributed by atoms with Crippen LogP contribution in [0.2, 0.25) is 0 Å². The summed E-state index contributed by atoms with van der Waals surface area (Å²) in [6.45, 7) is 7.31. The molecule has 0 radical (unpaired) electrons. The average molecular weight is 319 g/mol. The van der Waals surface area contributed by atoms with Crippen LogP contribution in [0.25, 0.3) is 0 Å². The lowest BCUT2D eigenvalue weighted by molar-refractivity contribution is 0.178. The van der Waals surface area contributed by atoms with E-state index < -0.39 is 0 Å². The maximum atomic E-state index is 6.41. The predicted octanol–water partition coefficient (Wildman–Crippen LogP) is 1.40. The molecule has 128 valence electrons. The van der Waals surface area contributed by atoms with Crippen molar-refractivity contribution >= 4 is 17.3 Å². The van der Waals surface area contributed by atoms with Crippen molar-refractivity contribution in [3.8, 4) is 0 Å². The SMILES string of the molecule is CCC1CCCCN1c1ncnc(NN2CCN(C)CC2)c1N. The lowest BCUT2D eigenvalue weighted by Crippen LogP contribution is -2.47. The average Bonchev–Trinajstić information content (AvgIpc) is 2.59. The van der Waals surface area contributed by atoms with Crippen molar-refractivity contribution in [2.45, 2.75) is 38.6 Å². The molecule has 0 amide bonds. The van der Waals surface area contributed by atoms with Crippen molar-refractivity contribution < 1.29 is 0 Å². The van der Waals surface area contributed by atoms with Crippen LogP contribution in [0.15, 0.2) is 6.33 Å². The minimum Gasteiger partial charge on any atom is -0.393 e. The predicted molar refractivity (Wildman–Crippen MR) is 94.4 cm³/mol. The van der Waals surface area contributed by atoms with Crippen LogP contribution in [0.5, 0.6) is 0 Å². The molecule has 2 fully saturated rings. The second-order valence-corrected chi connectivity index (χ2v) is 6.61. The van der Waals surface area contributed by atoms with Gasteiger partial charge in [0.05, 0.1) is 0 Å². The molecule has 2 aliphatic heterocycles. The Morgan fingerprint density at radius 2 is 1.96 bits per heavy atom. The molecule has 3 N–H and O–H groups in total. The quantitative estimate of drug-likeness (QED) is 0.869. The number of piperazine rings is 1. The Bertz CT molecular complexity index is 513. The molecule has 0 saturated carbocycles. The van der Waals surface area contributed by atoms with Gasteiger partial charge in [0, 0.05) is 38.8 Å². The van der Waals surface area contributed by atoms with E-state index in [4.69, 9.17) is 5.73 Å². The second kappa shape index (κ2) is 7.31. The number of piperidine rings is 1. The first-order valence-electron chi connectivity index (χ1n) is 8.76. The van der Waals surface area contributed by atoms with Crippen molar-refractivity contribution in [3.63, 3.8) is 0 Å². The summed E-state index contributed by atoms with van der Waals surface area (Å²) in [4.78, 5) is 13.6. The van der Waals surface area contributed by atoms with Crippen LogP contribution < -0.4 is 16.1 Å². The van der Waals surface area contributed by atoms with E-state index in [1.807, 2.05) is 0 Å². The maximum Gasteiger partial charge on any atom is 0.169 e. The van der Waals surface area contributed by atoms with Gasteiger partial charge in [0.15, 0.2) is 11.6 Å². The number of nitrogens with zero attached hydrogens (tertiary/aromatic N) is 5. The topological polar surface area (TPSA) is 73.6 Å². The van der Waals surface area contributed by atoms with Crippen LogP contribution >= 0.6 is 0 Å². The van der Waals surface area contributed by atoms with Crippen LogP contribution in [-0.2, 0) is 0 Å². The smallest absolute Gasteiger partial charge is 0.169 e. The lowest BCUT2D eigenvalue weighted by atomic mass is 10.00. The van der Waals surface area contributed by atoms with Gasteiger partial charge >= 0.3 is 0 Å². The highest BCUT2D eigenvalue weighted by Crippen LogP contribution is 2.32. The number of likely N-dealkylation sites (N-methyl/N-ethyl adjacent to an activating group) is 1. The third kappa shape index (κ3) is 3.67. The van der Waals surface area contributed by atoms with Crippen molar-refractivity contribution in [2.75, 3.05) is 55.8 Å². The fourth-order valence-corrected chi connectivity index (χ4v) is 3.48. The number of hydrogen-bond acceptors (Lipinski definition) is 7. The fraction of sp³-hybridized carbons (Fsp3) is 0.750. The molecule has 1 aromatic rings. The first-order valence-corrected chi connectivity index (χ1v) is 8.76. The minimum absolute atomic E-state index is 0.539. The van der Waals surface area contributed by atoms with E-state index in [1.165, 1.54) is 19.3 Å². The van der Waals surface area contributed by atoms with Crippen LogP contribution in [-0.4, -0.2) is 65.7 Å². The Morgan fingerprint density at radius 1 is 1.17 bits per heavy atom. The maximum absolute atomic E-state index is 6.41. The zero-order valence-electron chi connectivity index (χ0n) is 14.3. The van der Waals surface area contributed by atoms with Gasteiger partial charge in [0.25, 0.3) is 0 Å². The molecule has 23 heavy (non-hydrogen) atoms. The minimum atomic E-state index is 0.539. The zero-order chi connectivity index (χ0) is 16.2.